The van der Waals surface area contributed by atoms with E-state index in [1.165, 1.54) is 11.1 Å². The third-order valence-electron chi connectivity index (χ3n) is 2.74. The van der Waals surface area contributed by atoms with Gasteiger partial charge in [-0.15, -0.1) is 0 Å². The highest BCUT2D eigenvalue weighted by Gasteiger charge is 2.15. The normalized spacial score (nSPS) is 20.6. The van der Waals surface area contributed by atoms with Crippen LogP contribution in [0.25, 0.3) is 0 Å². The van der Waals surface area contributed by atoms with E-state index in [-0.39, 0.29) is 0 Å². The van der Waals surface area contributed by atoms with Crippen LogP contribution < -0.4 is 5.32 Å². The summed E-state index contributed by atoms with van der Waals surface area (Å²) in [5.41, 5.74) is 2.88. The van der Waals surface area contributed by atoms with E-state index < -0.39 is 0 Å². The van der Waals surface area contributed by atoms with Gasteiger partial charge in [0.05, 0.1) is 6.04 Å². The molecular formula is C13H17N. The monoisotopic (exact) mass is 187 g/mol. The van der Waals surface area contributed by atoms with Gasteiger partial charge in [0, 0.05) is 6.54 Å². The molecule has 0 aliphatic carbocycles. The first-order valence-electron chi connectivity index (χ1n) is 5.28. The summed E-state index contributed by atoms with van der Waals surface area (Å²) in [4.78, 5) is 0. The fraction of sp³-hybridized carbons (Fsp3) is 0.385. The lowest BCUT2D eigenvalue weighted by molar-refractivity contribution is 0.693. The van der Waals surface area contributed by atoms with Crippen molar-refractivity contribution in [2.45, 2.75) is 25.8 Å². The van der Waals surface area contributed by atoms with Crippen molar-refractivity contribution in [2.75, 3.05) is 6.54 Å². The first kappa shape index (κ1) is 9.47. The van der Waals surface area contributed by atoms with E-state index in [2.05, 4.69) is 55.6 Å². The van der Waals surface area contributed by atoms with E-state index in [9.17, 15) is 0 Å². The Bertz CT molecular complexity index is 339. The van der Waals surface area contributed by atoms with E-state index in [1.54, 1.807) is 0 Å². The van der Waals surface area contributed by atoms with Gasteiger partial charge >= 0.3 is 0 Å². The molecule has 0 fully saturated rings. The summed E-state index contributed by atoms with van der Waals surface area (Å²) in [7, 11) is 0. The van der Waals surface area contributed by atoms with Crippen LogP contribution in [-0.2, 0) is 0 Å². The van der Waals surface area contributed by atoms with Gasteiger partial charge in [0.25, 0.3) is 0 Å². The fourth-order valence-corrected chi connectivity index (χ4v) is 2.00. The highest BCUT2D eigenvalue weighted by molar-refractivity contribution is 5.35. The van der Waals surface area contributed by atoms with Crippen molar-refractivity contribution in [3.8, 4) is 0 Å². The molecule has 1 aliphatic rings. The number of rotatable bonds is 2. The molecule has 74 valence electrons. The number of nitrogens with one attached hydrogen (secondary N) is 1. The van der Waals surface area contributed by atoms with Gasteiger partial charge in [-0.25, -0.2) is 0 Å². The van der Waals surface area contributed by atoms with Crippen LogP contribution in [0.1, 0.15) is 36.9 Å². The second kappa shape index (κ2) is 3.97. The van der Waals surface area contributed by atoms with Crippen LogP contribution in [0.15, 0.2) is 36.4 Å². The van der Waals surface area contributed by atoms with Gasteiger partial charge in [-0.3, -0.25) is 0 Å². The molecule has 0 amide bonds. The average Bonchev–Trinajstić information content (AvgIpc) is 2.70. The Labute approximate surface area is 85.8 Å². The summed E-state index contributed by atoms with van der Waals surface area (Å²) in [6.45, 7) is 5.49. The second-order valence-corrected chi connectivity index (χ2v) is 4.10. The van der Waals surface area contributed by atoms with E-state index in [0.29, 0.717) is 12.0 Å². The first-order valence-corrected chi connectivity index (χ1v) is 5.28. The molecule has 1 unspecified atom stereocenters. The zero-order valence-corrected chi connectivity index (χ0v) is 8.83. The van der Waals surface area contributed by atoms with Crippen molar-refractivity contribution in [2.24, 2.45) is 0 Å². The molecule has 1 aliphatic heterocycles. The maximum Gasteiger partial charge on any atom is 0.0511 e. The Morgan fingerprint density at radius 1 is 1.29 bits per heavy atom. The molecule has 1 nitrogen and oxygen atoms in total. The summed E-state index contributed by atoms with van der Waals surface area (Å²) in [5, 5.41) is 3.46. The minimum absolute atomic E-state index is 0.425. The van der Waals surface area contributed by atoms with Gasteiger partial charge < -0.3 is 5.32 Å². The van der Waals surface area contributed by atoms with Crippen LogP contribution in [0.4, 0.5) is 0 Å². The fourth-order valence-electron chi connectivity index (χ4n) is 2.00. The van der Waals surface area contributed by atoms with Gasteiger partial charge in [0.15, 0.2) is 0 Å². The van der Waals surface area contributed by atoms with Crippen molar-refractivity contribution < 1.29 is 0 Å². The molecule has 0 saturated carbocycles. The maximum absolute atomic E-state index is 3.46. The van der Waals surface area contributed by atoms with Gasteiger partial charge in [-0.2, -0.15) is 0 Å². The molecule has 0 spiro atoms. The number of hydrogen-bond acceptors (Lipinski definition) is 1. The van der Waals surface area contributed by atoms with Crippen LogP contribution in [0, 0.1) is 0 Å². The third kappa shape index (κ3) is 1.73. The molecule has 1 N–H and O–H groups in total. The van der Waals surface area contributed by atoms with Gasteiger partial charge in [-0.05, 0) is 17.0 Å². The van der Waals surface area contributed by atoms with Crippen LogP contribution in [0.3, 0.4) is 0 Å². The summed E-state index contributed by atoms with van der Waals surface area (Å²) in [6, 6.07) is 9.12. The van der Waals surface area contributed by atoms with Crippen LogP contribution in [0.2, 0.25) is 0 Å². The minimum atomic E-state index is 0.425. The predicted octanol–water partition coefficient (Wildman–Crippen LogP) is 3.01. The highest BCUT2D eigenvalue weighted by Crippen LogP contribution is 2.26. The summed E-state index contributed by atoms with van der Waals surface area (Å²) in [6.07, 6.45) is 4.45. The zero-order chi connectivity index (χ0) is 9.97. The third-order valence-corrected chi connectivity index (χ3v) is 2.74. The molecular weight excluding hydrogens is 170 g/mol. The molecule has 2 rings (SSSR count). The lowest BCUT2D eigenvalue weighted by Gasteiger charge is -2.17. The Morgan fingerprint density at radius 3 is 2.71 bits per heavy atom. The number of hydrogen-bond donors (Lipinski definition) is 1. The molecule has 0 saturated heterocycles. The molecule has 1 aromatic rings. The molecule has 1 aromatic carbocycles. The SMILES string of the molecule is CC(C)c1ccccc1C1C=CCN1. The average molecular weight is 187 g/mol. The quantitative estimate of drug-likeness (QED) is 0.702. The first-order chi connectivity index (χ1) is 6.79. The van der Waals surface area contributed by atoms with Crippen LogP contribution >= 0.6 is 0 Å². The second-order valence-electron chi connectivity index (χ2n) is 4.10. The zero-order valence-electron chi connectivity index (χ0n) is 8.83. The van der Waals surface area contributed by atoms with Gasteiger partial charge in [0.1, 0.15) is 0 Å². The van der Waals surface area contributed by atoms with Crippen molar-refractivity contribution in [1.29, 1.82) is 0 Å². The smallest absolute Gasteiger partial charge is 0.0511 e. The molecule has 0 bridgehead atoms. The number of benzene rings is 1. The van der Waals surface area contributed by atoms with Crippen molar-refractivity contribution >= 4 is 0 Å². The van der Waals surface area contributed by atoms with Crippen LogP contribution in [-0.4, -0.2) is 6.54 Å². The Morgan fingerprint density at radius 2 is 2.07 bits per heavy atom. The molecule has 1 heteroatoms. The van der Waals surface area contributed by atoms with Gasteiger partial charge in [-0.1, -0.05) is 50.3 Å². The largest absolute Gasteiger partial charge is 0.303 e. The lowest BCUT2D eigenvalue weighted by Crippen LogP contribution is -2.15. The minimum Gasteiger partial charge on any atom is -0.303 e. The van der Waals surface area contributed by atoms with E-state index >= 15 is 0 Å². The molecule has 1 heterocycles. The lowest BCUT2D eigenvalue weighted by atomic mass is 9.93. The van der Waals surface area contributed by atoms with Gasteiger partial charge in [0.2, 0.25) is 0 Å². The highest BCUT2D eigenvalue weighted by atomic mass is 14.9. The summed E-state index contributed by atoms with van der Waals surface area (Å²) < 4.78 is 0. The van der Waals surface area contributed by atoms with E-state index in [4.69, 9.17) is 0 Å². The van der Waals surface area contributed by atoms with Crippen LogP contribution in [0.5, 0.6) is 0 Å². The van der Waals surface area contributed by atoms with E-state index in [0.717, 1.165) is 6.54 Å². The summed E-state index contributed by atoms with van der Waals surface area (Å²) >= 11 is 0. The molecule has 1 atom stereocenters. The predicted molar refractivity (Wildman–Crippen MR) is 60.4 cm³/mol. The van der Waals surface area contributed by atoms with E-state index in [1.807, 2.05) is 0 Å². The Hall–Kier alpha value is -1.08. The topological polar surface area (TPSA) is 12.0 Å². The maximum atomic E-state index is 3.46. The van der Waals surface area contributed by atoms with Crippen molar-refractivity contribution in [3.63, 3.8) is 0 Å². The Balaban J connectivity index is 2.35. The standard InChI is InChI=1S/C13H17N/c1-10(2)11-6-3-4-7-12(11)13-8-5-9-14-13/h3-8,10,13-14H,9H2,1-2H3. The van der Waals surface area contributed by atoms with Crippen molar-refractivity contribution in [1.82, 2.24) is 5.32 Å². The summed E-state index contributed by atoms with van der Waals surface area (Å²) in [5.74, 6) is 0.599. The Kier molecular flexibility index (Phi) is 2.69. The molecule has 0 radical (unpaired) electrons. The molecule has 0 aromatic heterocycles. The molecule has 14 heavy (non-hydrogen) atoms. The van der Waals surface area contributed by atoms with Crippen molar-refractivity contribution in [3.05, 3.63) is 47.5 Å².